The lowest BCUT2D eigenvalue weighted by Gasteiger charge is -2.36. The molecule has 0 spiro atoms. The van der Waals surface area contributed by atoms with Gasteiger partial charge in [-0.15, -0.1) is 0 Å². The summed E-state index contributed by atoms with van der Waals surface area (Å²) in [5, 5.41) is 5.52. The first-order chi connectivity index (χ1) is 10.1. The summed E-state index contributed by atoms with van der Waals surface area (Å²) < 4.78 is 39.7. The van der Waals surface area contributed by atoms with Crippen LogP contribution in [0.2, 0.25) is 0 Å². The first kappa shape index (κ1) is 19.2. The summed E-state index contributed by atoms with van der Waals surface area (Å²) in [6.45, 7) is 5.09. The van der Waals surface area contributed by atoms with E-state index < -0.39 is 24.8 Å². The molecule has 0 aromatic heterocycles. The molecule has 1 fully saturated rings. The maximum Gasteiger partial charge on any atom is 0.405 e. The van der Waals surface area contributed by atoms with Crippen molar-refractivity contribution in [1.29, 1.82) is 0 Å². The molecule has 0 aromatic carbocycles. The van der Waals surface area contributed by atoms with Gasteiger partial charge in [0.1, 0.15) is 6.04 Å². The highest BCUT2D eigenvalue weighted by molar-refractivity contribution is 5.82. The van der Waals surface area contributed by atoms with Crippen LogP contribution in [0, 0.1) is 5.92 Å². The molecule has 1 aliphatic heterocycles. The van der Waals surface area contributed by atoms with E-state index in [-0.39, 0.29) is 11.8 Å². The van der Waals surface area contributed by atoms with Crippen molar-refractivity contribution in [3.63, 3.8) is 0 Å². The summed E-state index contributed by atoms with van der Waals surface area (Å²) in [6, 6.07) is -2.06. The second-order valence-corrected chi connectivity index (χ2v) is 6.24. The number of nitrogens with one attached hydrogen (secondary N) is 2. The maximum absolute atomic E-state index is 13.2. The van der Waals surface area contributed by atoms with Gasteiger partial charge in [0, 0.05) is 32.7 Å². The second-order valence-electron chi connectivity index (χ2n) is 6.24. The number of alkyl halides is 3. The fourth-order valence-electron chi connectivity index (χ4n) is 2.88. The van der Waals surface area contributed by atoms with Crippen LogP contribution >= 0.6 is 0 Å². The number of hydrogen-bond donors (Lipinski definition) is 2. The van der Waals surface area contributed by atoms with E-state index in [1.54, 1.807) is 19.0 Å². The van der Waals surface area contributed by atoms with Crippen LogP contribution in [-0.4, -0.2) is 80.8 Å². The van der Waals surface area contributed by atoms with Crippen LogP contribution in [0.3, 0.4) is 0 Å². The third-order valence-corrected chi connectivity index (χ3v) is 3.90. The smallest absolute Gasteiger partial charge is 0.353 e. The fourth-order valence-corrected chi connectivity index (χ4v) is 2.88. The van der Waals surface area contributed by atoms with Crippen molar-refractivity contribution < 1.29 is 18.0 Å². The molecule has 0 aliphatic carbocycles. The molecule has 0 bridgehead atoms. The van der Waals surface area contributed by atoms with Crippen molar-refractivity contribution >= 4 is 5.91 Å². The summed E-state index contributed by atoms with van der Waals surface area (Å²) in [7, 11) is 3.50. The van der Waals surface area contributed by atoms with E-state index >= 15 is 0 Å². The van der Waals surface area contributed by atoms with Crippen molar-refractivity contribution in [2.45, 2.75) is 32.1 Å². The van der Waals surface area contributed by atoms with E-state index in [2.05, 4.69) is 10.6 Å². The Bertz CT molecular complexity index is 346. The molecule has 1 unspecified atom stereocenters. The molecule has 1 amide bonds. The predicted octanol–water partition coefficient (Wildman–Crippen LogP) is 0.525. The molecule has 1 saturated heterocycles. The number of halogens is 3. The number of carbonyl (C=O) groups excluding carboxylic acids is 1. The zero-order chi connectivity index (χ0) is 16.9. The molecule has 2 atom stereocenters. The monoisotopic (exact) mass is 324 g/mol. The van der Waals surface area contributed by atoms with E-state index in [0.717, 1.165) is 0 Å². The molecule has 1 aliphatic rings. The molecule has 5 nitrogen and oxygen atoms in total. The van der Waals surface area contributed by atoms with Crippen LogP contribution in [0.25, 0.3) is 0 Å². The van der Waals surface area contributed by atoms with Crippen molar-refractivity contribution in [2.75, 3.05) is 46.8 Å². The molecular formula is C14H27F3N4O. The number of amides is 1. The SMILES string of the molecule is CC(C)[C@H](C(=O)NCC(N1CCNCC1)C(F)(F)F)N(C)C. The molecule has 22 heavy (non-hydrogen) atoms. The van der Waals surface area contributed by atoms with Crippen LogP contribution in [0.1, 0.15) is 13.8 Å². The van der Waals surface area contributed by atoms with Gasteiger partial charge in [0.15, 0.2) is 0 Å². The van der Waals surface area contributed by atoms with Crippen LogP contribution in [0.5, 0.6) is 0 Å². The number of rotatable bonds is 6. The Kier molecular flexibility index (Phi) is 7.08. The van der Waals surface area contributed by atoms with Crippen molar-refractivity contribution in [3.05, 3.63) is 0 Å². The van der Waals surface area contributed by atoms with Gasteiger partial charge >= 0.3 is 6.18 Å². The van der Waals surface area contributed by atoms with E-state index in [1.165, 1.54) is 4.90 Å². The van der Waals surface area contributed by atoms with Crippen LogP contribution < -0.4 is 10.6 Å². The summed E-state index contributed by atoms with van der Waals surface area (Å²) in [5.41, 5.74) is 0. The highest BCUT2D eigenvalue weighted by Crippen LogP contribution is 2.24. The lowest BCUT2D eigenvalue weighted by Crippen LogP contribution is -2.59. The average Bonchev–Trinajstić information content (AvgIpc) is 2.37. The van der Waals surface area contributed by atoms with E-state index in [9.17, 15) is 18.0 Å². The van der Waals surface area contributed by atoms with Gasteiger partial charge in [-0.05, 0) is 20.0 Å². The lowest BCUT2D eigenvalue weighted by molar-refractivity contribution is -0.184. The molecule has 1 rings (SSSR count). The molecule has 0 saturated carbocycles. The molecule has 2 N–H and O–H groups in total. The molecule has 1 heterocycles. The fraction of sp³-hybridized carbons (Fsp3) is 0.929. The van der Waals surface area contributed by atoms with Gasteiger partial charge in [0.2, 0.25) is 5.91 Å². The first-order valence-electron chi connectivity index (χ1n) is 7.60. The zero-order valence-electron chi connectivity index (χ0n) is 13.7. The van der Waals surface area contributed by atoms with Gasteiger partial charge in [-0.1, -0.05) is 13.8 Å². The van der Waals surface area contributed by atoms with Crippen molar-refractivity contribution in [1.82, 2.24) is 20.4 Å². The van der Waals surface area contributed by atoms with Gasteiger partial charge in [-0.2, -0.15) is 13.2 Å². The highest BCUT2D eigenvalue weighted by atomic mass is 19.4. The van der Waals surface area contributed by atoms with E-state index in [4.69, 9.17) is 0 Å². The summed E-state index contributed by atoms with van der Waals surface area (Å²) in [4.78, 5) is 15.3. The average molecular weight is 324 g/mol. The van der Waals surface area contributed by atoms with Gasteiger partial charge in [0.25, 0.3) is 0 Å². The minimum atomic E-state index is -4.35. The molecule has 0 aromatic rings. The largest absolute Gasteiger partial charge is 0.405 e. The lowest BCUT2D eigenvalue weighted by atomic mass is 10.0. The highest BCUT2D eigenvalue weighted by Gasteiger charge is 2.44. The molecule has 0 radical (unpaired) electrons. The quantitative estimate of drug-likeness (QED) is 0.748. The number of hydrogen-bond acceptors (Lipinski definition) is 4. The van der Waals surface area contributed by atoms with Gasteiger partial charge in [0.05, 0.1) is 6.04 Å². The Hall–Kier alpha value is -0.860. The topological polar surface area (TPSA) is 47.6 Å². The van der Waals surface area contributed by atoms with Gasteiger partial charge < -0.3 is 10.6 Å². The summed E-state index contributed by atoms with van der Waals surface area (Å²) in [5.74, 6) is -0.331. The Morgan fingerprint density at radius 1 is 1.27 bits per heavy atom. The summed E-state index contributed by atoms with van der Waals surface area (Å²) >= 11 is 0. The number of carbonyl (C=O) groups is 1. The Morgan fingerprint density at radius 2 is 1.82 bits per heavy atom. The van der Waals surface area contributed by atoms with Gasteiger partial charge in [-0.3, -0.25) is 14.6 Å². The molecule has 8 heteroatoms. The van der Waals surface area contributed by atoms with Crippen LogP contribution in [0.15, 0.2) is 0 Å². The van der Waals surface area contributed by atoms with Crippen molar-refractivity contribution in [3.8, 4) is 0 Å². The predicted molar refractivity (Wildman–Crippen MR) is 79.6 cm³/mol. The number of likely N-dealkylation sites (N-methyl/N-ethyl adjacent to an activating group) is 1. The van der Waals surface area contributed by atoms with Crippen molar-refractivity contribution in [2.24, 2.45) is 5.92 Å². The van der Waals surface area contributed by atoms with E-state index in [0.29, 0.717) is 26.2 Å². The zero-order valence-corrected chi connectivity index (χ0v) is 13.7. The third-order valence-electron chi connectivity index (χ3n) is 3.90. The van der Waals surface area contributed by atoms with Crippen LogP contribution in [0.4, 0.5) is 13.2 Å². The normalized spacial score (nSPS) is 20.2. The Labute approximate surface area is 130 Å². The standard InChI is InChI=1S/C14H27F3N4O/c1-10(2)12(20(3)4)13(22)19-9-11(14(15,16)17)21-7-5-18-6-8-21/h10-12,18H,5-9H2,1-4H3,(H,19,22)/t11?,12-/m1/s1. The van der Waals surface area contributed by atoms with Crippen LogP contribution in [-0.2, 0) is 4.79 Å². The molecular weight excluding hydrogens is 297 g/mol. The van der Waals surface area contributed by atoms with E-state index in [1.807, 2.05) is 13.8 Å². The first-order valence-corrected chi connectivity index (χ1v) is 7.60. The van der Waals surface area contributed by atoms with Gasteiger partial charge in [-0.25, -0.2) is 0 Å². The number of nitrogens with zero attached hydrogens (tertiary/aromatic N) is 2. The Morgan fingerprint density at radius 3 is 2.23 bits per heavy atom. The minimum absolute atomic E-state index is 0.0264. The maximum atomic E-state index is 13.2. The summed E-state index contributed by atoms with van der Waals surface area (Å²) in [6.07, 6.45) is -4.35. The Balaban J connectivity index is 2.68. The second kappa shape index (κ2) is 8.12. The minimum Gasteiger partial charge on any atom is -0.353 e. The third kappa shape index (κ3) is 5.40. The number of piperazine rings is 1. The molecule has 130 valence electrons.